The first-order chi connectivity index (χ1) is 18.8. The summed E-state index contributed by atoms with van der Waals surface area (Å²) in [6.45, 7) is 6.23. The lowest BCUT2D eigenvalue weighted by molar-refractivity contribution is -0.111. The van der Waals surface area contributed by atoms with Gasteiger partial charge in [-0.2, -0.15) is 0 Å². The fourth-order valence-corrected chi connectivity index (χ4v) is 4.64. The number of nitrogens with zero attached hydrogens (tertiary/aromatic N) is 4. The first kappa shape index (κ1) is 27.6. The molecule has 0 atom stereocenters. The van der Waals surface area contributed by atoms with Crippen molar-refractivity contribution < 1.29 is 9.53 Å². The van der Waals surface area contributed by atoms with Crippen molar-refractivity contribution in [3.8, 4) is 17.0 Å². The van der Waals surface area contributed by atoms with Gasteiger partial charge in [0.05, 0.1) is 36.0 Å². The van der Waals surface area contributed by atoms with Crippen LogP contribution < -0.4 is 30.9 Å². The minimum absolute atomic E-state index is 0.0397. The van der Waals surface area contributed by atoms with E-state index in [9.17, 15) is 4.79 Å². The molecule has 0 saturated heterocycles. The summed E-state index contributed by atoms with van der Waals surface area (Å²) in [7, 11) is 9.38. The van der Waals surface area contributed by atoms with Gasteiger partial charge in [0.1, 0.15) is 17.9 Å². The number of likely N-dealkylation sites (N-methyl/N-ethyl adjacent to an activating group) is 3. The predicted molar refractivity (Wildman–Crippen MR) is 159 cm³/mol. The van der Waals surface area contributed by atoms with Crippen LogP contribution in [0, 0.1) is 6.92 Å². The van der Waals surface area contributed by atoms with E-state index < -0.39 is 0 Å². The van der Waals surface area contributed by atoms with E-state index in [1.165, 1.54) is 6.08 Å². The number of fused-ring (bicyclic) bond motifs is 1. The lowest BCUT2D eigenvalue weighted by atomic mass is 10.1. The highest BCUT2D eigenvalue weighted by Gasteiger charge is 2.20. The number of methoxy groups -OCH3 is 1. The average Bonchev–Trinajstić information content (AvgIpc) is 3.28. The van der Waals surface area contributed by atoms with Gasteiger partial charge in [0.15, 0.2) is 0 Å². The molecule has 2 heterocycles. The zero-order valence-electron chi connectivity index (χ0n) is 23.3. The molecule has 2 aromatic carbocycles. The summed E-state index contributed by atoms with van der Waals surface area (Å²) in [4.78, 5) is 23.5. The third-order valence-electron chi connectivity index (χ3n) is 6.81. The molecule has 10 heteroatoms. The van der Waals surface area contributed by atoms with Crippen LogP contribution in [0.4, 0.5) is 22.9 Å². The molecular formula is C29H36N8O2. The van der Waals surface area contributed by atoms with Crippen LogP contribution in [0.5, 0.6) is 5.75 Å². The molecule has 10 nitrogen and oxygen atoms in total. The fourth-order valence-electron chi connectivity index (χ4n) is 4.64. The van der Waals surface area contributed by atoms with Crippen molar-refractivity contribution in [3.05, 3.63) is 67.1 Å². The van der Waals surface area contributed by atoms with Crippen molar-refractivity contribution in [1.29, 1.82) is 0 Å². The molecule has 4 aromatic rings. The number of nitrogens with one attached hydrogen (secondary N) is 4. The summed E-state index contributed by atoms with van der Waals surface area (Å²) < 4.78 is 7.86. The van der Waals surface area contributed by atoms with Crippen molar-refractivity contribution in [2.45, 2.75) is 13.1 Å². The summed E-state index contributed by atoms with van der Waals surface area (Å²) in [5.74, 6) is 0.929. The number of aromatic nitrogens is 3. The lowest BCUT2D eigenvalue weighted by Gasteiger charge is -2.28. The van der Waals surface area contributed by atoms with E-state index in [0.29, 0.717) is 29.5 Å². The van der Waals surface area contributed by atoms with E-state index in [1.807, 2.05) is 64.3 Å². The average molecular weight is 529 g/mol. The quantitative estimate of drug-likeness (QED) is 0.171. The molecule has 0 radical (unpaired) electrons. The van der Waals surface area contributed by atoms with Gasteiger partial charge in [-0.25, -0.2) is 9.97 Å². The van der Waals surface area contributed by atoms with Crippen LogP contribution in [0.1, 0.15) is 5.56 Å². The highest BCUT2D eigenvalue weighted by molar-refractivity contribution is 6.02. The molecule has 0 spiro atoms. The van der Waals surface area contributed by atoms with Crippen LogP contribution in [0.2, 0.25) is 0 Å². The molecule has 4 N–H and O–H groups in total. The smallest absolute Gasteiger partial charge is 0.247 e. The molecule has 0 fully saturated rings. The molecule has 0 bridgehead atoms. The van der Waals surface area contributed by atoms with E-state index in [-0.39, 0.29) is 12.1 Å². The summed E-state index contributed by atoms with van der Waals surface area (Å²) >= 11 is 0. The molecular weight excluding hydrogens is 492 g/mol. The third kappa shape index (κ3) is 5.71. The molecule has 0 aliphatic carbocycles. The van der Waals surface area contributed by atoms with E-state index >= 15 is 0 Å². The Labute approximate surface area is 229 Å². The number of ether oxygens (including phenoxy) is 1. The summed E-state index contributed by atoms with van der Waals surface area (Å²) in [6.07, 6.45) is 4.92. The van der Waals surface area contributed by atoms with Gasteiger partial charge in [-0.15, -0.1) is 0 Å². The lowest BCUT2D eigenvalue weighted by Crippen LogP contribution is -2.46. The number of hydrogen-bond acceptors (Lipinski definition) is 8. The van der Waals surface area contributed by atoms with Crippen LogP contribution in [0.3, 0.4) is 0 Å². The Morgan fingerprint density at radius 1 is 1.18 bits per heavy atom. The van der Waals surface area contributed by atoms with E-state index in [0.717, 1.165) is 33.4 Å². The molecule has 39 heavy (non-hydrogen) atoms. The molecule has 0 saturated carbocycles. The SMILES string of the molecule is C=CC(=O)Nc1cc(Nc2ncnc(-c3cn(C)c4ccccc34)c2C)c(OC)cc1N(C)CC(NC)NC. The van der Waals surface area contributed by atoms with Crippen LogP contribution in [0.15, 0.2) is 61.6 Å². The molecule has 0 aliphatic heterocycles. The largest absolute Gasteiger partial charge is 0.494 e. The number of hydrogen-bond donors (Lipinski definition) is 4. The van der Waals surface area contributed by atoms with Gasteiger partial charge in [0.25, 0.3) is 0 Å². The van der Waals surface area contributed by atoms with Crippen LogP contribution in [-0.4, -0.2) is 61.4 Å². The maximum absolute atomic E-state index is 12.3. The number of anilines is 4. The topological polar surface area (TPSA) is 108 Å². The summed E-state index contributed by atoms with van der Waals surface area (Å²) in [5, 5.41) is 13.9. The number of para-hydroxylation sites is 1. The first-order valence-corrected chi connectivity index (χ1v) is 12.6. The molecule has 4 rings (SSSR count). The van der Waals surface area contributed by atoms with Gasteiger partial charge >= 0.3 is 0 Å². The van der Waals surface area contributed by atoms with Crippen molar-refractivity contribution in [2.75, 3.05) is 50.3 Å². The minimum Gasteiger partial charge on any atom is -0.494 e. The van der Waals surface area contributed by atoms with Crippen LogP contribution >= 0.6 is 0 Å². The van der Waals surface area contributed by atoms with Gasteiger partial charge in [-0.1, -0.05) is 24.8 Å². The normalized spacial score (nSPS) is 11.1. The zero-order valence-corrected chi connectivity index (χ0v) is 23.3. The first-order valence-electron chi connectivity index (χ1n) is 12.6. The maximum atomic E-state index is 12.3. The Morgan fingerprint density at radius 2 is 1.92 bits per heavy atom. The van der Waals surface area contributed by atoms with Crippen LogP contribution in [0.25, 0.3) is 22.2 Å². The number of carbonyl (C=O) groups excluding carboxylic acids is 1. The predicted octanol–water partition coefficient (Wildman–Crippen LogP) is 4.02. The summed E-state index contributed by atoms with van der Waals surface area (Å²) in [5.41, 5.74) is 5.94. The third-order valence-corrected chi connectivity index (χ3v) is 6.81. The van der Waals surface area contributed by atoms with Crippen molar-refractivity contribution in [2.24, 2.45) is 7.05 Å². The van der Waals surface area contributed by atoms with Gasteiger partial charge < -0.3 is 35.5 Å². The molecule has 204 valence electrons. The number of amides is 1. The van der Waals surface area contributed by atoms with Crippen molar-refractivity contribution in [3.63, 3.8) is 0 Å². The monoisotopic (exact) mass is 528 g/mol. The second kappa shape index (κ2) is 12.0. The molecule has 0 unspecified atom stereocenters. The number of aryl methyl sites for hydroxylation is 1. The van der Waals surface area contributed by atoms with E-state index in [4.69, 9.17) is 4.74 Å². The van der Waals surface area contributed by atoms with Crippen LogP contribution in [-0.2, 0) is 11.8 Å². The Balaban J connectivity index is 1.76. The van der Waals surface area contributed by atoms with Gasteiger partial charge in [-0.05, 0) is 39.2 Å². The van der Waals surface area contributed by atoms with Crippen molar-refractivity contribution >= 4 is 39.7 Å². The zero-order chi connectivity index (χ0) is 28.1. The summed E-state index contributed by atoms with van der Waals surface area (Å²) in [6, 6.07) is 12.0. The Bertz CT molecular complexity index is 1490. The van der Waals surface area contributed by atoms with E-state index in [1.54, 1.807) is 13.4 Å². The molecule has 0 aliphatic rings. The maximum Gasteiger partial charge on any atom is 0.247 e. The number of rotatable bonds is 11. The minimum atomic E-state index is -0.309. The van der Waals surface area contributed by atoms with Crippen molar-refractivity contribution in [1.82, 2.24) is 25.2 Å². The standard InChI is InChI=1S/C29H36N8O2/c1-8-27(38)34-21-13-22(25(39-7)14-24(21)37(6)16-26(30-3)31-4)35-29-18(2)28(32-17-33-29)20-15-36(5)23-12-10-9-11-19(20)23/h8-15,17,26,30-31H,1,16H2,2-7H3,(H,34,38)(H,32,33,35). The fraction of sp³-hybridized carbons (Fsp3) is 0.276. The Hall–Kier alpha value is -4.41. The Kier molecular flexibility index (Phi) is 8.48. The van der Waals surface area contributed by atoms with Gasteiger partial charge in [0, 0.05) is 54.9 Å². The van der Waals surface area contributed by atoms with Gasteiger partial charge in [0.2, 0.25) is 5.91 Å². The van der Waals surface area contributed by atoms with E-state index in [2.05, 4.69) is 60.7 Å². The number of carbonyl (C=O) groups is 1. The molecule has 1 amide bonds. The second-order valence-corrected chi connectivity index (χ2v) is 9.27. The van der Waals surface area contributed by atoms with Gasteiger partial charge in [-0.3, -0.25) is 4.79 Å². The molecule has 2 aromatic heterocycles. The Morgan fingerprint density at radius 3 is 2.62 bits per heavy atom. The highest BCUT2D eigenvalue weighted by atomic mass is 16.5. The number of benzene rings is 2. The highest BCUT2D eigenvalue weighted by Crippen LogP contribution is 2.39. The second-order valence-electron chi connectivity index (χ2n) is 9.27.